The van der Waals surface area contributed by atoms with Crippen molar-refractivity contribution in [2.75, 3.05) is 13.7 Å². The molecule has 0 amide bonds. The summed E-state index contributed by atoms with van der Waals surface area (Å²) in [7, 11) is 1.75. The summed E-state index contributed by atoms with van der Waals surface area (Å²) in [4.78, 5) is 0. The highest BCUT2D eigenvalue weighted by Gasteiger charge is 2.29. The van der Waals surface area contributed by atoms with E-state index in [1.807, 2.05) is 0 Å². The molecule has 0 unspecified atom stereocenters. The van der Waals surface area contributed by atoms with E-state index in [2.05, 4.69) is 6.07 Å². The number of ether oxygens (including phenoxy) is 1. The van der Waals surface area contributed by atoms with E-state index in [9.17, 15) is 5.26 Å². The maximum Gasteiger partial charge on any atom is 0.0689 e. The number of rotatable bonds is 5. The first kappa shape index (κ1) is 13.5. The van der Waals surface area contributed by atoms with Gasteiger partial charge >= 0.3 is 0 Å². The van der Waals surface area contributed by atoms with Crippen molar-refractivity contribution >= 4 is 0 Å². The van der Waals surface area contributed by atoms with Gasteiger partial charge in [0.1, 0.15) is 0 Å². The Morgan fingerprint density at radius 2 is 1.69 bits per heavy atom. The Labute approximate surface area is 100.0 Å². The van der Waals surface area contributed by atoms with E-state index < -0.39 is 0 Å². The summed E-state index contributed by atoms with van der Waals surface area (Å²) >= 11 is 0. The summed E-state index contributed by atoms with van der Waals surface area (Å²) in [6.07, 6.45) is 12.1. The van der Waals surface area contributed by atoms with Crippen molar-refractivity contribution in [3.05, 3.63) is 0 Å². The number of nitriles is 1. The minimum Gasteiger partial charge on any atom is -0.385 e. The van der Waals surface area contributed by atoms with Crippen molar-refractivity contribution in [2.45, 2.75) is 64.2 Å². The van der Waals surface area contributed by atoms with Gasteiger partial charge in [0.05, 0.1) is 11.5 Å². The molecule has 16 heavy (non-hydrogen) atoms. The Hall–Kier alpha value is -0.550. The first-order chi connectivity index (χ1) is 7.83. The van der Waals surface area contributed by atoms with Crippen LogP contribution in [0.15, 0.2) is 0 Å². The van der Waals surface area contributed by atoms with Gasteiger partial charge in [-0.05, 0) is 32.1 Å². The molecule has 1 rings (SSSR count). The van der Waals surface area contributed by atoms with E-state index >= 15 is 0 Å². The SMILES string of the molecule is COCCCCC1(C#N)CCCCCCC1. The Balaban J connectivity index is 2.37. The van der Waals surface area contributed by atoms with E-state index in [-0.39, 0.29) is 5.41 Å². The molecule has 0 aromatic carbocycles. The van der Waals surface area contributed by atoms with Gasteiger partial charge in [0.15, 0.2) is 0 Å². The third-order valence-electron chi connectivity index (χ3n) is 3.80. The summed E-state index contributed by atoms with van der Waals surface area (Å²) in [5, 5.41) is 9.43. The first-order valence-electron chi connectivity index (χ1n) is 6.73. The molecule has 0 spiro atoms. The van der Waals surface area contributed by atoms with E-state index in [1.54, 1.807) is 7.11 Å². The summed E-state index contributed by atoms with van der Waals surface area (Å²) in [5.74, 6) is 0. The highest BCUT2D eigenvalue weighted by molar-refractivity contribution is 4.99. The fourth-order valence-corrected chi connectivity index (χ4v) is 2.71. The van der Waals surface area contributed by atoms with Gasteiger partial charge in [0, 0.05) is 13.7 Å². The van der Waals surface area contributed by atoms with Gasteiger partial charge in [0.2, 0.25) is 0 Å². The van der Waals surface area contributed by atoms with E-state index in [1.165, 1.54) is 32.1 Å². The monoisotopic (exact) mass is 223 g/mol. The van der Waals surface area contributed by atoms with Gasteiger partial charge in [0.25, 0.3) is 0 Å². The van der Waals surface area contributed by atoms with Gasteiger partial charge < -0.3 is 4.74 Å². The molecular formula is C14H25NO. The number of nitrogens with zero attached hydrogens (tertiary/aromatic N) is 1. The van der Waals surface area contributed by atoms with Crippen LogP contribution in [0, 0.1) is 16.7 Å². The molecule has 1 aliphatic rings. The van der Waals surface area contributed by atoms with E-state index in [0.29, 0.717) is 0 Å². The Morgan fingerprint density at radius 3 is 2.25 bits per heavy atom. The highest BCUT2D eigenvalue weighted by atomic mass is 16.5. The molecule has 0 saturated heterocycles. The average molecular weight is 223 g/mol. The second kappa shape index (κ2) is 7.68. The lowest BCUT2D eigenvalue weighted by atomic mass is 9.74. The molecule has 0 atom stereocenters. The second-order valence-corrected chi connectivity index (χ2v) is 5.11. The molecule has 2 nitrogen and oxygen atoms in total. The van der Waals surface area contributed by atoms with Crippen LogP contribution in [0.2, 0.25) is 0 Å². The summed E-state index contributed by atoms with van der Waals surface area (Å²) < 4.78 is 5.06. The van der Waals surface area contributed by atoms with Crippen LogP contribution in [-0.2, 0) is 4.74 Å². The minimum atomic E-state index is -0.00579. The van der Waals surface area contributed by atoms with Gasteiger partial charge in [-0.3, -0.25) is 0 Å². The van der Waals surface area contributed by atoms with Crippen LogP contribution in [0.1, 0.15) is 64.2 Å². The molecule has 0 N–H and O–H groups in total. The Bertz CT molecular complexity index is 211. The molecule has 1 saturated carbocycles. The van der Waals surface area contributed by atoms with Crippen LogP contribution >= 0.6 is 0 Å². The fraction of sp³-hybridized carbons (Fsp3) is 0.929. The first-order valence-corrected chi connectivity index (χ1v) is 6.73. The zero-order valence-corrected chi connectivity index (χ0v) is 10.6. The zero-order chi connectivity index (χ0) is 11.7. The quantitative estimate of drug-likeness (QED) is 0.658. The average Bonchev–Trinajstić information content (AvgIpc) is 2.27. The predicted octanol–water partition coefficient (Wildman–Crippen LogP) is 4.06. The molecule has 0 aliphatic heterocycles. The lowest BCUT2D eigenvalue weighted by Gasteiger charge is -2.28. The van der Waals surface area contributed by atoms with Crippen molar-refractivity contribution < 1.29 is 4.74 Å². The lowest BCUT2D eigenvalue weighted by Crippen LogP contribution is -2.20. The highest BCUT2D eigenvalue weighted by Crippen LogP contribution is 2.37. The standard InChI is InChI=1S/C14H25NO/c1-16-12-8-7-11-14(13-15)9-5-3-2-4-6-10-14/h2-12H2,1H3. The molecule has 92 valence electrons. The lowest BCUT2D eigenvalue weighted by molar-refractivity contribution is 0.183. The molecule has 1 fully saturated rings. The van der Waals surface area contributed by atoms with E-state index in [0.717, 1.165) is 38.7 Å². The Kier molecular flexibility index (Phi) is 6.49. The third kappa shape index (κ3) is 4.53. The number of hydrogen-bond acceptors (Lipinski definition) is 2. The van der Waals surface area contributed by atoms with Crippen molar-refractivity contribution in [1.82, 2.24) is 0 Å². The summed E-state index contributed by atoms with van der Waals surface area (Å²) in [5.41, 5.74) is -0.00579. The number of unbranched alkanes of at least 4 members (excludes halogenated alkanes) is 1. The van der Waals surface area contributed by atoms with Crippen LogP contribution < -0.4 is 0 Å². The molecule has 0 radical (unpaired) electrons. The molecule has 0 aromatic heterocycles. The summed E-state index contributed by atoms with van der Waals surface area (Å²) in [6, 6.07) is 2.62. The molecule has 0 heterocycles. The third-order valence-corrected chi connectivity index (χ3v) is 3.80. The number of methoxy groups -OCH3 is 1. The fourth-order valence-electron chi connectivity index (χ4n) is 2.71. The van der Waals surface area contributed by atoms with Crippen LogP contribution in [0.4, 0.5) is 0 Å². The molecule has 0 bridgehead atoms. The maximum absolute atomic E-state index is 9.43. The molecular weight excluding hydrogens is 198 g/mol. The minimum absolute atomic E-state index is 0.00579. The molecule has 2 heteroatoms. The smallest absolute Gasteiger partial charge is 0.0689 e. The summed E-state index contributed by atoms with van der Waals surface area (Å²) in [6.45, 7) is 0.835. The van der Waals surface area contributed by atoms with Crippen LogP contribution in [0.25, 0.3) is 0 Å². The zero-order valence-electron chi connectivity index (χ0n) is 10.6. The molecule has 0 aromatic rings. The largest absolute Gasteiger partial charge is 0.385 e. The van der Waals surface area contributed by atoms with E-state index in [4.69, 9.17) is 4.74 Å². The normalized spacial score (nSPS) is 20.8. The van der Waals surface area contributed by atoms with Crippen molar-refractivity contribution in [2.24, 2.45) is 5.41 Å². The van der Waals surface area contributed by atoms with Crippen LogP contribution in [0.5, 0.6) is 0 Å². The Morgan fingerprint density at radius 1 is 1.06 bits per heavy atom. The predicted molar refractivity (Wildman–Crippen MR) is 66.1 cm³/mol. The van der Waals surface area contributed by atoms with Crippen LogP contribution in [0.3, 0.4) is 0 Å². The van der Waals surface area contributed by atoms with Crippen molar-refractivity contribution in [3.63, 3.8) is 0 Å². The van der Waals surface area contributed by atoms with Gasteiger partial charge in [-0.15, -0.1) is 0 Å². The van der Waals surface area contributed by atoms with Gasteiger partial charge in [-0.25, -0.2) is 0 Å². The maximum atomic E-state index is 9.43. The second-order valence-electron chi connectivity index (χ2n) is 5.11. The van der Waals surface area contributed by atoms with Crippen molar-refractivity contribution in [3.8, 4) is 6.07 Å². The topological polar surface area (TPSA) is 33.0 Å². The van der Waals surface area contributed by atoms with Crippen LogP contribution in [-0.4, -0.2) is 13.7 Å². The van der Waals surface area contributed by atoms with Gasteiger partial charge in [-0.1, -0.05) is 32.1 Å². The van der Waals surface area contributed by atoms with Crippen molar-refractivity contribution in [1.29, 1.82) is 5.26 Å². The number of hydrogen-bond donors (Lipinski definition) is 0. The van der Waals surface area contributed by atoms with Gasteiger partial charge in [-0.2, -0.15) is 5.26 Å². The molecule has 1 aliphatic carbocycles.